The first-order chi connectivity index (χ1) is 58.0. The van der Waals surface area contributed by atoms with Crippen LogP contribution in [0.4, 0.5) is 4.72 Å². The Labute approximate surface area is 721 Å². The standard InChI is InChI=1S/C56H45BN2.C56H47BrN2.2CH4.FH/c1-55(2,3)39-26-27-46-42(31-39)43-32-40(56(4,5)6)33-45-53(43)58(46)47-29-38(34-18-10-7-11-19-34)30-48-51(47)57(45)50-41-25-17-16-24-37(41)28-44-49(35-20-12-8-13-21-35)52(59(48)54(44)50)36-22-14-9-15-23-36;1-55(2,3)42-26-28-47-44(34-42)45-35-43(56(4,5)6)27-29-48(45)58(47)50-32-41(36-18-10-7-11-19-36)33-51(53(50)57)59-49-31-40-25-17-16-24-39(40)30-46(49)52(37-20-12-8-13-21-37)54(59)38-22-14-9-15-23-38;;;/h7-33H,1-6H3;7-35H,1-6H3;2*1H4;1H/i/hD. The van der Waals surface area contributed by atoms with Gasteiger partial charge in [-0.3, -0.25) is 4.72 Å². The molecule has 2 aliphatic heterocycles. The van der Waals surface area contributed by atoms with Crippen LogP contribution in [0.25, 0.3) is 177 Å². The third-order valence-corrected chi connectivity index (χ3v) is 26.2. The smallest absolute Gasteiger partial charge is 0.269 e. The van der Waals surface area contributed by atoms with Gasteiger partial charge in [0.05, 0.1) is 54.8 Å². The summed E-state index contributed by atoms with van der Waals surface area (Å²) in [6, 6.07) is 127. The number of benzene rings is 16. The van der Waals surface area contributed by atoms with E-state index in [1.54, 1.807) is 0 Å². The summed E-state index contributed by atoms with van der Waals surface area (Å²) in [6.45, 7) is 27.9. The molecule has 0 unspecified atom stereocenters. The molecular weight excluding hydrogens is 1530 g/mol. The lowest BCUT2D eigenvalue weighted by Crippen LogP contribution is -2.60. The zero-order valence-electron chi connectivity index (χ0n) is 70.5. The zero-order chi connectivity index (χ0) is 82.6. The molecular formula is C114H101BBrFN4. The molecule has 20 aromatic rings. The van der Waals surface area contributed by atoms with Crippen molar-refractivity contribution in [2.75, 3.05) is 0 Å². The molecule has 0 amide bonds. The number of aromatic nitrogens is 4. The Bertz CT molecular complexity index is 7390. The lowest BCUT2D eigenvalue weighted by Gasteiger charge is -2.36. The molecule has 4 aromatic heterocycles. The second kappa shape index (κ2) is 29.6. The van der Waals surface area contributed by atoms with E-state index in [9.17, 15) is 0 Å². The van der Waals surface area contributed by atoms with Crippen molar-refractivity contribution in [2.45, 2.75) is 120 Å². The molecule has 0 atom stereocenters. The van der Waals surface area contributed by atoms with Crippen molar-refractivity contribution < 1.29 is 4.72 Å². The van der Waals surface area contributed by atoms with Crippen LogP contribution < -0.4 is 16.4 Å². The number of hydrogen-bond donors (Lipinski definition) is 0. The number of rotatable bonds is 8. The highest BCUT2D eigenvalue weighted by atomic mass is 79.9. The van der Waals surface area contributed by atoms with Crippen molar-refractivity contribution in [1.82, 2.24) is 18.3 Å². The molecule has 0 radical (unpaired) electrons. The number of hydrogen-bond acceptors (Lipinski definition) is 0. The van der Waals surface area contributed by atoms with E-state index >= 15 is 0 Å². The van der Waals surface area contributed by atoms with Gasteiger partial charge in [0.25, 0.3) is 8.16 Å². The van der Waals surface area contributed by atoms with E-state index in [2.05, 4.69) is 458 Å². The van der Waals surface area contributed by atoms with E-state index in [4.69, 9.17) is 4.72 Å². The SMILES string of the molecule is C.C.CC(C)(C)c1ccc2c(c1)c1cc(C(C)(C)C)cc3c1n2-c1cc(-c2ccccc2)cc2c1B3c1c3ccccc3cc3c(-c4ccccc4)c(-c4ccccc4)n-2c13.CC(C)(C)c1ccc2c(c1)c1cc(C(C)(C)C)ccc1n2-c1cc(-c2ccccc2)cc(-n2c(-c3ccccc3)c(-c3ccccc3)c3cc4ccccc4cc32)c1Br.[2H]F. The van der Waals surface area contributed by atoms with Crippen molar-refractivity contribution in [1.29, 1.82) is 1.45 Å². The van der Waals surface area contributed by atoms with Crippen molar-refractivity contribution in [3.05, 3.63) is 366 Å². The summed E-state index contributed by atoms with van der Waals surface area (Å²) in [5.41, 5.74) is 36.1. The van der Waals surface area contributed by atoms with E-state index in [0.29, 0.717) is 0 Å². The highest BCUT2D eigenvalue weighted by molar-refractivity contribution is 9.10. The van der Waals surface area contributed by atoms with Gasteiger partial charge in [0, 0.05) is 60.3 Å². The van der Waals surface area contributed by atoms with Crippen molar-refractivity contribution in [3.8, 4) is 89.8 Å². The molecule has 0 saturated heterocycles. The highest BCUT2D eigenvalue weighted by Crippen LogP contribution is 2.52. The first kappa shape index (κ1) is 78.1. The first-order valence-electron chi connectivity index (χ1n) is 42.1. The van der Waals surface area contributed by atoms with Gasteiger partial charge >= 0.3 is 0 Å². The molecule has 6 heterocycles. The topological polar surface area (TPSA) is 19.7 Å². The highest BCUT2D eigenvalue weighted by Gasteiger charge is 2.44. The second-order valence-corrected chi connectivity index (χ2v) is 37.7. The summed E-state index contributed by atoms with van der Waals surface area (Å²) >= 11 is 4.38. The van der Waals surface area contributed by atoms with Crippen LogP contribution in [0.15, 0.2) is 344 Å². The van der Waals surface area contributed by atoms with Crippen LogP contribution in [-0.4, -0.2) is 26.4 Å². The quantitative estimate of drug-likeness (QED) is 0.135. The normalized spacial score (nSPS) is 12.5. The average molecular weight is 1640 g/mol. The molecule has 22 rings (SSSR count). The molecule has 0 N–H and O–H groups in total. The minimum atomic E-state index is -0.0507. The maximum absolute atomic E-state index is 8.75. The Balaban J connectivity index is 0.000000161. The molecule has 0 aliphatic carbocycles. The minimum absolute atomic E-state index is 0. The van der Waals surface area contributed by atoms with Crippen LogP contribution >= 0.6 is 15.9 Å². The van der Waals surface area contributed by atoms with E-state index in [1.807, 2.05) is 0 Å². The molecule has 121 heavy (non-hydrogen) atoms. The fourth-order valence-electron chi connectivity index (χ4n) is 19.5. The summed E-state index contributed by atoms with van der Waals surface area (Å²) < 4.78 is 24.3. The first-order valence-corrected chi connectivity index (χ1v) is 42.6. The number of fused-ring (bicyclic) bond motifs is 14. The van der Waals surface area contributed by atoms with Gasteiger partial charge in [0.1, 0.15) is 0 Å². The van der Waals surface area contributed by atoms with E-state index in [-0.39, 0.29) is 43.2 Å². The monoisotopic (exact) mass is 1640 g/mol. The lowest BCUT2D eigenvalue weighted by molar-refractivity contribution is 0.590. The molecule has 0 bridgehead atoms. The number of nitrogens with zero attached hydrogens (tertiary/aromatic N) is 4. The average Bonchev–Trinajstić information content (AvgIpc) is 1.57. The van der Waals surface area contributed by atoms with Crippen LogP contribution in [0.3, 0.4) is 0 Å². The zero-order valence-corrected chi connectivity index (χ0v) is 71.0. The van der Waals surface area contributed by atoms with Gasteiger partial charge in [0.2, 0.25) is 0 Å². The maximum atomic E-state index is 8.75. The molecule has 16 aromatic carbocycles. The second-order valence-electron chi connectivity index (χ2n) is 37.0. The van der Waals surface area contributed by atoms with Crippen LogP contribution in [0.5, 0.6) is 0 Å². The minimum Gasteiger partial charge on any atom is -0.310 e. The van der Waals surface area contributed by atoms with E-state index in [0.717, 1.165) is 38.2 Å². The van der Waals surface area contributed by atoms with Gasteiger partial charge in [-0.25, -0.2) is 0 Å². The third-order valence-electron chi connectivity index (χ3n) is 25.4. The fraction of sp³-hybridized carbons (Fsp3) is 0.158. The van der Waals surface area contributed by atoms with Crippen LogP contribution in [-0.2, 0) is 21.7 Å². The molecule has 4 nitrogen and oxygen atoms in total. The summed E-state index contributed by atoms with van der Waals surface area (Å²) in [6.07, 6.45) is 0. The van der Waals surface area contributed by atoms with Crippen LogP contribution in [0.1, 0.15) is 120 Å². The Morgan fingerprint density at radius 1 is 0.256 bits per heavy atom. The molecule has 0 spiro atoms. The van der Waals surface area contributed by atoms with Gasteiger partial charge in [-0.1, -0.05) is 353 Å². The number of halogens is 2. The molecule has 7 heteroatoms. The lowest BCUT2D eigenvalue weighted by atomic mass is 9.33. The summed E-state index contributed by atoms with van der Waals surface area (Å²) in [4.78, 5) is 0. The van der Waals surface area contributed by atoms with Gasteiger partial charge in [-0.15, -0.1) is 0 Å². The Hall–Kier alpha value is -12.8. The summed E-state index contributed by atoms with van der Waals surface area (Å²) in [5.74, 6) is 0. The summed E-state index contributed by atoms with van der Waals surface area (Å²) in [5, 5.41) is 12.8. The molecule has 0 saturated carbocycles. The molecule has 594 valence electrons. The largest absolute Gasteiger partial charge is 0.310 e. The Morgan fingerprint density at radius 3 is 1.08 bits per heavy atom. The third kappa shape index (κ3) is 12.8. The molecule has 2 aliphatic rings. The Morgan fingerprint density at radius 2 is 0.612 bits per heavy atom. The van der Waals surface area contributed by atoms with E-state index in [1.165, 1.54) is 182 Å². The molecule has 0 fully saturated rings. The summed E-state index contributed by atoms with van der Waals surface area (Å²) in [7, 11) is 0. The van der Waals surface area contributed by atoms with Gasteiger partial charge in [-0.05, 0) is 227 Å². The Kier molecular flexibility index (Phi) is 19.1. The van der Waals surface area contributed by atoms with Gasteiger partial charge in [-0.2, -0.15) is 0 Å². The maximum Gasteiger partial charge on any atom is 0.269 e. The van der Waals surface area contributed by atoms with E-state index < -0.39 is 0 Å². The fourth-order valence-corrected chi connectivity index (χ4v) is 20.0. The predicted molar refractivity (Wildman–Crippen MR) is 526 cm³/mol. The van der Waals surface area contributed by atoms with Gasteiger partial charge < -0.3 is 18.3 Å². The van der Waals surface area contributed by atoms with Crippen molar-refractivity contribution in [3.63, 3.8) is 0 Å². The van der Waals surface area contributed by atoms with Crippen molar-refractivity contribution in [2.24, 2.45) is 0 Å². The van der Waals surface area contributed by atoms with Gasteiger partial charge in [0.15, 0.2) is 0 Å². The predicted octanol–water partition coefficient (Wildman–Crippen LogP) is 30.3. The van der Waals surface area contributed by atoms with Crippen LogP contribution in [0.2, 0.25) is 0 Å². The van der Waals surface area contributed by atoms with Crippen molar-refractivity contribution >= 4 is 126 Å². The van der Waals surface area contributed by atoms with Crippen LogP contribution in [0, 0.1) is 0 Å².